The van der Waals surface area contributed by atoms with E-state index in [-0.39, 0.29) is 23.8 Å². The van der Waals surface area contributed by atoms with Gasteiger partial charge in [-0.1, -0.05) is 0 Å². The molecule has 8 nitrogen and oxygen atoms in total. The Balaban J connectivity index is 2.51. The maximum absolute atomic E-state index is 11.1. The van der Waals surface area contributed by atoms with Crippen molar-refractivity contribution in [1.29, 1.82) is 5.26 Å². The van der Waals surface area contributed by atoms with Gasteiger partial charge in [-0.25, -0.2) is 4.98 Å². The van der Waals surface area contributed by atoms with Crippen LogP contribution in [-0.2, 0) is 9.53 Å². The van der Waals surface area contributed by atoms with E-state index < -0.39 is 4.92 Å². The molecular weight excluding hydrogens is 264 g/mol. The fraction of sp³-hybridized carbons (Fsp3) is 0.417. The number of hydrogen-bond donors (Lipinski definition) is 1. The Morgan fingerprint density at radius 1 is 1.60 bits per heavy atom. The molecular formula is C12H14N4O4. The number of rotatable bonds is 7. The van der Waals surface area contributed by atoms with Crippen molar-refractivity contribution in [1.82, 2.24) is 4.98 Å². The molecule has 0 fully saturated rings. The summed E-state index contributed by atoms with van der Waals surface area (Å²) < 4.78 is 4.77. The molecule has 0 saturated carbocycles. The Bertz CT molecular complexity index is 539. The monoisotopic (exact) mass is 278 g/mol. The second-order valence-corrected chi connectivity index (χ2v) is 3.77. The molecule has 0 amide bonds. The number of carbonyl (C=O) groups is 1. The highest BCUT2D eigenvalue weighted by Crippen LogP contribution is 2.17. The number of nitrogens with zero attached hydrogens (tertiary/aromatic N) is 3. The number of aromatic nitrogens is 1. The van der Waals surface area contributed by atoms with E-state index in [2.05, 4.69) is 10.3 Å². The van der Waals surface area contributed by atoms with E-state index >= 15 is 0 Å². The summed E-state index contributed by atoms with van der Waals surface area (Å²) >= 11 is 0. The Hall–Kier alpha value is -2.69. The van der Waals surface area contributed by atoms with Crippen LogP contribution in [0, 0.1) is 21.4 Å². The van der Waals surface area contributed by atoms with Crippen LogP contribution in [0.1, 0.15) is 25.5 Å². The highest BCUT2D eigenvalue weighted by atomic mass is 16.6. The molecule has 0 aliphatic rings. The van der Waals surface area contributed by atoms with Gasteiger partial charge in [0.15, 0.2) is 0 Å². The van der Waals surface area contributed by atoms with Gasteiger partial charge in [-0.2, -0.15) is 5.26 Å². The molecule has 1 N–H and O–H groups in total. The summed E-state index contributed by atoms with van der Waals surface area (Å²) in [7, 11) is 0. The van der Waals surface area contributed by atoms with Crippen LogP contribution < -0.4 is 5.32 Å². The summed E-state index contributed by atoms with van der Waals surface area (Å²) in [6.45, 7) is 2.54. The lowest BCUT2D eigenvalue weighted by Crippen LogP contribution is -2.09. The largest absolute Gasteiger partial charge is 0.466 e. The van der Waals surface area contributed by atoms with Gasteiger partial charge in [0, 0.05) is 19.0 Å². The third-order valence-corrected chi connectivity index (χ3v) is 2.35. The van der Waals surface area contributed by atoms with Gasteiger partial charge < -0.3 is 10.1 Å². The minimum absolute atomic E-state index is 0.245. The van der Waals surface area contributed by atoms with Crippen LogP contribution >= 0.6 is 0 Å². The van der Waals surface area contributed by atoms with Gasteiger partial charge in [-0.05, 0) is 19.4 Å². The van der Waals surface area contributed by atoms with Crippen molar-refractivity contribution >= 4 is 17.5 Å². The normalized spacial score (nSPS) is 9.60. The number of pyridine rings is 1. The molecule has 20 heavy (non-hydrogen) atoms. The Morgan fingerprint density at radius 2 is 2.35 bits per heavy atom. The molecule has 0 unspecified atom stereocenters. The van der Waals surface area contributed by atoms with Crippen LogP contribution in [0.2, 0.25) is 0 Å². The van der Waals surface area contributed by atoms with Gasteiger partial charge in [0.25, 0.3) is 0 Å². The topological polar surface area (TPSA) is 118 Å². The molecule has 0 radical (unpaired) electrons. The van der Waals surface area contributed by atoms with Crippen molar-refractivity contribution in [3.8, 4) is 6.07 Å². The Kier molecular flexibility index (Phi) is 5.90. The maximum atomic E-state index is 11.1. The SMILES string of the molecule is CCOC(=O)CCCNc1ccc([N+](=O)[O-])c(C#N)n1. The molecule has 0 spiro atoms. The van der Waals surface area contributed by atoms with Crippen molar-refractivity contribution in [2.45, 2.75) is 19.8 Å². The zero-order valence-electron chi connectivity index (χ0n) is 11.0. The minimum atomic E-state index is -0.657. The van der Waals surface area contributed by atoms with Gasteiger partial charge in [-0.15, -0.1) is 0 Å². The molecule has 0 aromatic carbocycles. The third-order valence-electron chi connectivity index (χ3n) is 2.35. The van der Waals surface area contributed by atoms with E-state index in [1.54, 1.807) is 13.0 Å². The standard InChI is InChI=1S/C12H14N4O4/c1-2-20-12(17)4-3-7-14-11-6-5-10(16(18)19)9(8-13)15-11/h5-6H,2-4,7H2,1H3,(H,14,15). The van der Waals surface area contributed by atoms with Gasteiger partial charge in [0.05, 0.1) is 11.5 Å². The number of hydrogen-bond acceptors (Lipinski definition) is 7. The van der Waals surface area contributed by atoms with Crippen LogP contribution in [0.15, 0.2) is 12.1 Å². The number of nitriles is 1. The number of carbonyl (C=O) groups excluding carboxylic acids is 1. The molecule has 1 rings (SSSR count). The molecule has 1 aromatic rings. The molecule has 0 atom stereocenters. The van der Waals surface area contributed by atoms with Gasteiger partial charge in [-0.3, -0.25) is 14.9 Å². The lowest BCUT2D eigenvalue weighted by molar-refractivity contribution is -0.385. The van der Waals surface area contributed by atoms with E-state index in [9.17, 15) is 14.9 Å². The second-order valence-electron chi connectivity index (χ2n) is 3.77. The van der Waals surface area contributed by atoms with Crippen molar-refractivity contribution in [2.24, 2.45) is 0 Å². The molecule has 1 aromatic heterocycles. The molecule has 0 aliphatic carbocycles. The predicted octanol–water partition coefficient (Wildman–Crippen LogP) is 1.62. The first-order valence-corrected chi connectivity index (χ1v) is 6.03. The quantitative estimate of drug-likeness (QED) is 0.348. The third kappa shape index (κ3) is 4.53. The van der Waals surface area contributed by atoms with Crippen LogP contribution in [0.4, 0.5) is 11.5 Å². The van der Waals surface area contributed by atoms with E-state index in [1.807, 2.05) is 0 Å². The van der Waals surface area contributed by atoms with Crippen LogP contribution in [0.5, 0.6) is 0 Å². The van der Waals surface area contributed by atoms with Gasteiger partial charge in [0.2, 0.25) is 5.69 Å². The first-order chi connectivity index (χ1) is 9.58. The van der Waals surface area contributed by atoms with Gasteiger partial charge >= 0.3 is 11.7 Å². The average molecular weight is 278 g/mol. The first-order valence-electron chi connectivity index (χ1n) is 6.03. The fourth-order valence-electron chi connectivity index (χ4n) is 1.46. The highest BCUT2D eigenvalue weighted by Gasteiger charge is 2.15. The second kappa shape index (κ2) is 7.68. The lowest BCUT2D eigenvalue weighted by atomic mass is 10.3. The average Bonchev–Trinajstić information content (AvgIpc) is 2.43. The zero-order chi connectivity index (χ0) is 15.0. The molecule has 1 heterocycles. The molecule has 106 valence electrons. The van der Waals surface area contributed by atoms with E-state index in [1.165, 1.54) is 12.1 Å². The Labute approximate surface area is 115 Å². The maximum Gasteiger partial charge on any atom is 0.305 e. The molecule has 0 bridgehead atoms. The van der Waals surface area contributed by atoms with Crippen LogP contribution in [-0.4, -0.2) is 29.0 Å². The first kappa shape index (κ1) is 15.4. The smallest absolute Gasteiger partial charge is 0.305 e. The highest BCUT2D eigenvalue weighted by molar-refractivity contribution is 5.69. The van der Waals surface area contributed by atoms with E-state index in [0.717, 1.165) is 0 Å². The van der Waals surface area contributed by atoms with E-state index in [0.29, 0.717) is 25.4 Å². The Morgan fingerprint density at radius 3 is 2.95 bits per heavy atom. The predicted molar refractivity (Wildman–Crippen MR) is 70.0 cm³/mol. The number of ether oxygens (including phenoxy) is 1. The van der Waals surface area contributed by atoms with E-state index in [4.69, 9.17) is 10.00 Å². The van der Waals surface area contributed by atoms with Gasteiger partial charge in [0.1, 0.15) is 11.9 Å². The van der Waals surface area contributed by atoms with Crippen molar-refractivity contribution in [3.63, 3.8) is 0 Å². The van der Waals surface area contributed by atoms with Crippen LogP contribution in [0.25, 0.3) is 0 Å². The summed E-state index contributed by atoms with van der Waals surface area (Å²) in [6.07, 6.45) is 0.818. The summed E-state index contributed by atoms with van der Waals surface area (Å²) in [5.41, 5.74) is -0.574. The number of nitrogens with one attached hydrogen (secondary N) is 1. The molecule has 0 aliphatic heterocycles. The fourth-order valence-corrected chi connectivity index (χ4v) is 1.46. The zero-order valence-corrected chi connectivity index (χ0v) is 11.0. The minimum Gasteiger partial charge on any atom is -0.466 e. The lowest BCUT2D eigenvalue weighted by Gasteiger charge is -2.05. The van der Waals surface area contributed by atoms with Crippen molar-refractivity contribution in [3.05, 3.63) is 27.9 Å². The summed E-state index contributed by atoms with van der Waals surface area (Å²) in [6, 6.07) is 4.32. The number of nitro groups is 1. The molecule has 8 heteroatoms. The van der Waals surface area contributed by atoms with Crippen LogP contribution in [0.3, 0.4) is 0 Å². The summed E-state index contributed by atoms with van der Waals surface area (Å²) in [5, 5.41) is 22.3. The van der Waals surface area contributed by atoms with Crippen molar-refractivity contribution < 1.29 is 14.5 Å². The summed E-state index contributed by atoms with van der Waals surface area (Å²) in [5.74, 6) is 0.0830. The summed E-state index contributed by atoms with van der Waals surface area (Å²) in [4.78, 5) is 24.9. The number of anilines is 1. The number of esters is 1. The molecule has 0 saturated heterocycles. The van der Waals surface area contributed by atoms with Crippen molar-refractivity contribution in [2.75, 3.05) is 18.5 Å².